The van der Waals surface area contributed by atoms with Crippen LogP contribution in [0, 0.1) is 0 Å². The van der Waals surface area contributed by atoms with Gasteiger partial charge in [0, 0.05) is 36.8 Å². The zero-order valence-corrected chi connectivity index (χ0v) is 20.1. The van der Waals surface area contributed by atoms with E-state index in [1.807, 2.05) is 62.6 Å². The Hall–Kier alpha value is -2.79. The van der Waals surface area contributed by atoms with Crippen LogP contribution in [0.3, 0.4) is 0 Å². The zero-order valence-electron chi connectivity index (χ0n) is 17.6. The Morgan fingerprint density at radius 3 is 0.794 bits per heavy atom. The van der Waals surface area contributed by atoms with Gasteiger partial charge in [0.05, 0.1) is 0 Å². The number of rotatable bonds is 2. The van der Waals surface area contributed by atoms with Crippen molar-refractivity contribution in [3.05, 3.63) is 48.5 Å². The molecule has 2 aromatic carbocycles. The lowest BCUT2D eigenvalue weighted by Crippen LogP contribution is -1.89. The minimum atomic E-state index is -4.67. The van der Waals surface area contributed by atoms with Gasteiger partial charge in [0.25, 0.3) is 0 Å². The summed E-state index contributed by atoms with van der Waals surface area (Å²) >= 11 is 0. The molecular formula is C14H28N4O13S3. The summed E-state index contributed by atoms with van der Waals surface area (Å²) < 4.78 is 94.8. The van der Waals surface area contributed by atoms with E-state index in [1.54, 1.807) is 0 Å². The highest BCUT2D eigenvalue weighted by molar-refractivity contribution is 7.80. The number of hydrogen-bond donors (Lipinski definition) is 10. The number of hydrogen-bond acceptors (Lipinski definition) is 10. The minimum absolute atomic E-state index is 0. The summed E-state index contributed by atoms with van der Waals surface area (Å²) in [4.78, 5) is 0. The second kappa shape index (κ2) is 18.6. The summed E-state index contributed by atoms with van der Waals surface area (Å²) in [6, 6.07) is 15.2. The first-order valence-electron chi connectivity index (χ1n) is 7.82. The second-order valence-corrected chi connectivity index (χ2v) is 7.77. The third-order valence-electron chi connectivity index (χ3n) is 2.40. The number of nitrogens with two attached hydrogens (primary N) is 2. The fourth-order valence-corrected chi connectivity index (χ4v) is 1.30. The van der Waals surface area contributed by atoms with Crippen LogP contribution < -0.4 is 22.1 Å². The van der Waals surface area contributed by atoms with Crippen molar-refractivity contribution >= 4 is 53.9 Å². The highest BCUT2D eigenvalue weighted by Gasteiger charge is 1.86. The van der Waals surface area contributed by atoms with Crippen molar-refractivity contribution in [2.75, 3.05) is 36.2 Å². The van der Waals surface area contributed by atoms with E-state index in [-0.39, 0.29) is 5.48 Å². The van der Waals surface area contributed by atoms with Gasteiger partial charge in [0.1, 0.15) is 0 Å². The van der Waals surface area contributed by atoms with Crippen molar-refractivity contribution in [2.24, 2.45) is 0 Å². The van der Waals surface area contributed by atoms with Gasteiger partial charge in [-0.2, -0.15) is 25.3 Å². The fourth-order valence-electron chi connectivity index (χ4n) is 1.30. The molecule has 0 saturated carbocycles. The molecular weight excluding hydrogens is 528 g/mol. The molecule has 0 fully saturated rings. The molecule has 0 unspecified atom stereocenters. The molecule has 0 atom stereocenters. The van der Waals surface area contributed by atoms with Gasteiger partial charge < -0.3 is 27.6 Å². The molecule has 0 spiro atoms. The first-order chi connectivity index (χ1) is 14.7. The monoisotopic (exact) mass is 556 g/mol. The molecule has 0 aliphatic carbocycles. The van der Waals surface area contributed by atoms with Gasteiger partial charge in [0.15, 0.2) is 0 Å². The molecule has 0 aliphatic rings. The van der Waals surface area contributed by atoms with Crippen molar-refractivity contribution in [3.63, 3.8) is 0 Å². The summed E-state index contributed by atoms with van der Waals surface area (Å²) in [5.74, 6) is 0. The van der Waals surface area contributed by atoms with E-state index in [1.165, 1.54) is 0 Å². The highest BCUT2D eigenvalue weighted by Crippen LogP contribution is 2.09. The van der Waals surface area contributed by atoms with Crippen molar-refractivity contribution in [3.8, 4) is 0 Å². The van der Waals surface area contributed by atoms with Crippen molar-refractivity contribution in [1.82, 2.24) is 0 Å². The molecule has 17 nitrogen and oxygen atoms in total. The van der Waals surface area contributed by atoms with Gasteiger partial charge in [-0.3, -0.25) is 27.3 Å². The van der Waals surface area contributed by atoms with E-state index in [0.717, 1.165) is 22.7 Å². The highest BCUT2D eigenvalue weighted by atomic mass is 32.3. The smallest absolute Gasteiger partial charge is 0.394 e. The van der Waals surface area contributed by atoms with Crippen LogP contribution >= 0.6 is 0 Å². The molecule has 0 saturated heterocycles. The van der Waals surface area contributed by atoms with Crippen molar-refractivity contribution in [2.45, 2.75) is 0 Å². The van der Waals surface area contributed by atoms with Gasteiger partial charge >= 0.3 is 31.2 Å². The Labute approximate surface area is 196 Å². The normalized spacial score (nSPS) is 9.88. The number of nitrogen functional groups attached to an aromatic ring is 2. The van der Waals surface area contributed by atoms with Gasteiger partial charge in [0.2, 0.25) is 0 Å². The predicted molar refractivity (Wildman–Crippen MR) is 127 cm³/mol. The summed E-state index contributed by atoms with van der Waals surface area (Å²) in [5.41, 5.74) is 14.7. The number of nitrogens with one attached hydrogen (secondary N) is 2. The standard InChI is InChI=1S/2C7H10N2.3H2O4S.H2O/c2*1-9-7-4-2-6(8)3-5-7;3*1-5(2,3)4;/h2*2-5,9H,8H2,1H3;3*(H2,1,2,3,4);1H2. The van der Waals surface area contributed by atoms with Crippen LogP contribution in [0.15, 0.2) is 48.5 Å². The average Bonchev–Trinajstić information content (AvgIpc) is 2.59. The van der Waals surface area contributed by atoms with E-state index in [9.17, 15) is 0 Å². The molecule has 14 N–H and O–H groups in total. The average molecular weight is 557 g/mol. The SMILES string of the molecule is CNc1ccc(N)cc1.CNc1ccc(N)cc1.O.O=S(=O)(O)O.O=S(=O)(O)O.O=S(=O)(O)O. The van der Waals surface area contributed by atoms with E-state index >= 15 is 0 Å². The Kier molecular flexibility index (Phi) is 21.1. The van der Waals surface area contributed by atoms with Gasteiger partial charge in [-0.25, -0.2) is 0 Å². The molecule has 20 heteroatoms. The van der Waals surface area contributed by atoms with Crippen LogP contribution in [0.4, 0.5) is 22.7 Å². The van der Waals surface area contributed by atoms with E-state index in [0.29, 0.717) is 0 Å². The van der Waals surface area contributed by atoms with Crippen molar-refractivity contribution in [1.29, 1.82) is 0 Å². The molecule has 0 aromatic heterocycles. The third kappa shape index (κ3) is 51.7. The Bertz CT molecular complexity index is 950. The largest absolute Gasteiger partial charge is 0.412 e. The van der Waals surface area contributed by atoms with Crippen LogP contribution in [0.2, 0.25) is 0 Å². The molecule has 0 radical (unpaired) electrons. The van der Waals surface area contributed by atoms with Crippen LogP contribution in [0.1, 0.15) is 0 Å². The second-order valence-electron chi connectivity index (χ2n) is 5.09. The first-order valence-corrected chi connectivity index (χ1v) is 12.0. The third-order valence-corrected chi connectivity index (χ3v) is 2.40. The van der Waals surface area contributed by atoms with Gasteiger partial charge in [-0.15, -0.1) is 0 Å². The van der Waals surface area contributed by atoms with E-state index in [2.05, 4.69) is 10.6 Å². The summed E-state index contributed by atoms with van der Waals surface area (Å²) in [7, 11) is -10.2. The molecule has 0 aliphatic heterocycles. The fraction of sp³-hybridized carbons (Fsp3) is 0.143. The maximum absolute atomic E-state index is 8.74. The van der Waals surface area contributed by atoms with Crippen LogP contribution in [0.5, 0.6) is 0 Å². The lowest BCUT2D eigenvalue weighted by Gasteiger charge is -1.97. The maximum Gasteiger partial charge on any atom is 0.394 e. The molecule has 2 aromatic rings. The molecule has 0 bridgehead atoms. The summed E-state index contributed by atoms with van der Waals surface area (Å²) in [5, 5.41) is 6.00. The van der Waals surface area contributed by atoms with Gasteiger partial charge in [-0.05, 0) is 48.5 Å². The molecule has 0 heterocycles. The lowest BCUT2D eigenvalue weighted by atomic mass is 10.3. The molecule has 2 rings (SSSR count). The van der Waals surface area contributed by atoms with Crippen LogP contribution in [-0.4, -0.2) is 72.1 Å². The topological polar surface area (TPSA) is 331 Å². The Balaban J connectivity index is -0.000000170. The van der Waals surface area contributed by atoms with Crippen LogP contribution in [0.25, 0.3) is 0 Å². The molecule has 200 valence electrons. The van der Waals surface area contributed by atoms with E-state index in [4.69, 9.17) is 64.0 Å². The lowest BCUT2D eigenvalue weighted by molar-refractivity contribution is 0.378. The zero-order chi connectivity index (χ0) is 26.9. The summed E-state index contributed by atoms with van der Waals surface area (Å²) in [6.45, 7) is 0. The van der Waals surface area contributed by atoms with Crippen LogP contribution in [-0.2, 0) is 31.2 Å². The van der Waals surface area contributed by atoms with E-state index < -0.39 is 31.2 Å². The van der Waals surface area contributed by atoms with Gasteiger partial charge in [-0.1, -0.05) is 0 Å². The molecule has 0 amide bonds. The number of benzene rings is 2. The molecule has 34 heavy (non-hydrogen) atoms. The minimum Gasteiger partial charge on any atom is -0.412 e. The first kappa shape index (κ1) is 38.5. The maximum atomic E-state index is 8.74. The quantitative estimate of drug-likeness (QED) is 0.169. The summed E-state index contributed by atoms with van der Waals surface area (Å²) in [6.07, 6.45) is 0. The van der Waals surface area contributed by atoms with Crippen molar-refractivity contribution < 1.29 is 58.0 Å². The Morgan fingerprint density at radius 2 is 0.676 bits per heavy atom. The predicted octanol–water partition coefficient (Wildman–Crippen LogP) is -0.162. The number of anilines is 4. The Morgan fingerprint density at radius 1 is 0.529 bits per heavy atom.